The molecule has 0 saturated carbocycles. The van der Waals surface area contributed by atoms with Crippen LogP contribution >= 0.6 is 15.9 Å². The molecule has 11 nitrogen and oxygen atoms in total. The van der Waals surface area contributed by atoms with Crippen LogP contribution in [0, 0.1) is 5.92 Å². The predicted octanol–water partition coefficient (Wildman–Crippen LogP) is 7.49. The lowest BCUT2D eigenvalue weighted by molar-refractivity contribution is -0.151. The lowest BCUT2D eigenvalue weighted by Crippen LogP contribution is -2.55. The van der Waals surface area contributed by atoms with Gasteiger partial charge < -0.3 is 34.6 Å². The number of hydrogen-bond acceptors (Lipinski definition) is 8. The Balaban J connectivity index is 0.997. The van der Waals surface area contributed by atoms with Gasteiger partial charge in [0, 0.05) is 33.9 Å². The quantitative estimate of drug-likeness (QED) is 0.139. The smallest absolute Gasteiger partial charge is 0.264 e. The van der Waals surface area contributed by atoms with Crippen molar-refractivity contribution in [1.82, 2.24) is 10.2 Å². The minimum Gasteiger partial charge on any atom is -0.497 e. The maximum atomic E-state index is 15.7. The van der Waals surface area contributed by atoms with Crippen LogP contribution in [0.2, 0.25) is 18.6 Å². The molecule has 3 saturated heterocycles. The van der Waals surface area contributed by atoms with Crippen molar-refractivity contribution in [3.8, 4) is 5.75 Å². The van der Waals surface area contributed by atoms with E-state index in [9.17, 15) is 14.7 Å². The molecule has 5 aromatic rings. The number of rotatable bonds is 10. The number of nitrogens with zero attached hydrogens (tertiary/aromatic N) is 4. The molecule has 342 valence electrons. The second kappa shape index (κ2) is 17.4. The van der Waals surface area contributed by atoms with Crippen molar-refractivity contribution in [3.05, 3.63) is 148 Å². The fraction of sp³-hybridized carbons (Fsp3) is 0.377. The molecule has 5 atom stereocenters. The number of carbonyl (C=O) groups is 3. The van der Waals surface area contributed by atoms with Crippen LogP contribution in [-0.4, -0.2) is 87.0 Å². The van der Waals surface area contributed by atoms with Crippen LogP contribution in [-0.2, 0) is 44.2 Å². The van der Waals surface area contributed by atoms with E-state index in [2.05, 4.69) is 88.6 Å². The van der Waals surface area contributed by atoms with Gasteiger partial charge in [-0.1, -0.05) is 108 Å². The standard InChI is InChI=1S/C53H58BrN5O6Si/c1-35-49(66(3,4)44-20-18-43(64-2)19-21-44)47(30-48(61)56-32-38-13-9-8-12-37(38)28-42(56)33-60)65-53(35)45-29-39(54)17-22-46(45)57(51(53)63)31-36-11-10-16-41(27-36)58-34-59(40-14-6-5-7-15-40)52(50(58)62)23-25-55-26-24-52/h5-22,27,29,35,42,47,49,55,60H,23-26,28,30-34H2,1-4H3/t35-,42+,47+,49-,53+/m1/s1. The normalized spacial score (nSPS) is 24.6. The number of methoxy groups -OCH3 is 1. The van der Waals surface area contributed by atoms with Gasteiger partial charge in [0.05, 0.1) is 59.3 Å². The summed E-state index contributed by atoms with van der Waals surface area (Å²) in [4.78, 5) is 53.0. The van der Waals surface area contributed by atoms with Crippen molar-refractivity contribution < 1.29 is 29.0 Å². The van der Waals surface area contributed by atoms with Crippen LogP contribution in [0.3, 0.4) is 0 Å². The van der Waals surface area contributed by atoms with Crippen LogP contribution in [0.5, 0.6) is 5.75 Å². The van der Waals surface area contributed by atoms with Gasteiger partial charge in [0.25, 0.3) is 11.8 Å². The average Bonchev–Trinajstić information content (AvgIpc) is 3.88. The Morgan fingerprint density at radius 1 is 0.879 bits per heavy atom. The van der Waals surface area contributed by atoms with Crippen molar-refractivity contribution >= 4 is 64.0 Å². The first-order valence-electron chi connectivity index (χ1n) is 23.3. The number of hydrogen-bond donors (Lipinski definition) is 2. The van der Waals surface area contributed by atoms with E-state index in [-0.39, 0.29) is 54.8 Å². The Kier molecular flexibility index (Phi) is 11.7. The Labute approximate surface area is 396 Å². The minimum atomic E-state index is -2.57. The molecule has 3 fully saturated rings. The fourth-order valence-corrected chi connectivity index (χ4v) is 16.5. The van der Waals surface area contributed by atoms with E-state index in [4.69, 9.17) is 9.47 Å². The zero-order chi connectivity index (χ0) is 46.0. The maximum Gasteiger partial charge on any atom is 0.264 e. The van der Waals surface area contributed by atoms with Gasteiger partial charge in [-0.2, -0.15) is 0 Å². The summed E-state index contributed by atoms with van der Waals surface area (Å²) in [5, 5.41) is 15.2. The van der Waals surface area contributed by atoms with E-state index in [1.807, 2.05) is 93.6 Å². The van der Waals surface area contributed by atoms with Gasteiger partial charge in [-0.25, -0.2) is 0 Å². The van der Waals surface area contributed by atoms with Gasteiger partial charge in [0.15, 0.2) is 5.60 Å². The molecule has 0 radical (unpaired) electrons. The molecular formula is C53H58BrN5O6Si. The number of halogens is 1. The van der Waals surface area contributed by atoms with E-state index >= 15 is 4.79 Å². The molecule has 13 heteroatoms. The lowest BCUT2D eigenvalue weighted by Gasteiger charge is -2.39. The largest absolute Gasteiger partial charge is 0.497 e. The molecule has 2 N–H and O–H groups in total. The number of fused-ring (bicyclic) bond motifs is 3. The summed E-state index contributed by atoms with van der Waals surface area (Å²) in [6.45, 7) is 9.27. The van der Waals surface area contributed by atoms with Crippen molar-refractivity contribution in [2.45, 2.75) is 87.6 Å². The zero-order valence-corrected chi connectivity index (χ0v) is 40.7. The summed E-state index contributed by atoms with van der Waals surface area (Å²) >= 11 is 3.75. The Bertz CT molecular complexity index is 2660. The lowest BCUT2D eigenvalue weighted by atomic mass is 9.82. The van der Waals surface area contributed by atoms with Crippen molar-refractivity contribution in [1.29, 1.82) is 0 Å². The van der Waals surface area contributed by atoms with Gasteiger partial charge >= 0.3 is 0 Å². The van der Waals surface area contributed by atoms with Gasteiger partial charge in [0.1, 0.15) is 11.3 Å². The highest BCUT2D eigenvalue weighted by molar-refractivity contribution is 9.10. The third-order valence-corrected chi connectivity index (χ3v) is 20.4. The predicted molar refractivity (Wildman–Crippen MR) is 264 cm³/mol. The number of aliphatic hydroxyl groups excluding tert-OH is 1. The maximum absolute atomic E-state index is 15.7. The van der Waals surface area contributed by atoms with E-state index in [1.165, 1.54) is 5.19 Å². The number of carbonyl (C=O) groups excluding carboxylic acids is 3. The Hall–Kier alpha value is -5.31. The molecule has 3 amide bonds. The van der Waals surface area contributed by atoms with Crippen LogP contribution in [0.4, 0.5) is 17.1 Å². The highest BCUT2D eigenvalue weighted by Gasteiger charge is 2.66. The number of benzene rings is 5. The second-order valence-electron chi connectivity index (χ2n) is 19.3. The van der Waals surface area contributed by atoms with Crippen molar-refractivity contribution in [2.75, 3.05) is 48.2 Å². The molecule has 5 heterocycles. The Morgan fingerprint density at radius 3 is 2.32 bits per heavy atom. The molecule has 0 unspecified atom stereocenters. The third-order valence-electron chi connectivity index (χ3n) is 15.6. The van der Waals surface area contributed by atoms with Crippen molar-refractivity contribution in [3.63, 3.8) is 0 Å². The first kappa shape index (κ1) is 44.5. The number of ether oxygens (including phenoxy) is 2. The van der Waals surface area contributed by atoms with E-state index in [1.54, 1.807) is 7.11 Å². The van der Waals surface area contributed by atoms with Crippen LogP contribution in [0.25, 0.3) is 0 Å². The first-order valence-corrected chi connectivity index (χ1v) is 27.1. The summed E-state index contributed by atoms with van der Waals surface area (Å²) in [5.41, 5.74) is 4.31. The molecule has 5 aliphatic rings. The minimum absolute atomic E-state index is 0.0715. The number of nitrogens with one attached hydrogen (secondary N) is 1. The summed E-state index contributed by atoms with van der Waals surface area (Å²) in [5.74, 6) is 0.289. The molecular weight excluding hydrogens is 911 g/mol. The molecule has 0 aromatic heterocycles. The second-order valence-corrected chi connectivity index (χ2v) is 24.9. The van der Waals surface area contributed by atoms with Gasteiger partial charge in [-0.3, -0.25) is 19.3 Å². The summed E-state index contributed by atoms with van der Waals surface area (Å²) in [6.07, 6.45) is 1.48. The SMILES string of the molecule is COc1ccc([Si](C)(C)[C@H]2[C@H](CC(=O)N3Cc4ccccc4C[C@H]3CO)O[C@@]3(C(=O)N(Cc4cccc(N5CN(c6ccccc6)C6(CCNCC6)C5=O)c4)c4ccc(Br)cc43)[C@@H]2C)cc1. The third kappa shape index (κ3) is 7.29. The van der Waals surface area contributed by atoms with Gasteiger partial charge in [-0.05, 0) is 109 Å². The first-order chi connectivity index (χ1) is 31.9. The van der Waals surface area contributed by atoms with Crippen LogP contribution < -0.4 is 29.9 Å². The summed E-state index contributed by atoms with van der Waals surface area (Å²) < 4.78 is 13.8. The number of amides is 3. The van der Waals surface area contributed by atoms with Gasteiger partial charge in [-0.15, -0.1) is 0 Å². The monoisotopic (exact) mass is 967 g/mol. The molecule has 10 rings (SSSR count). The summed E-state index contributed by atoms with van der Waals surface area (Å²) in [7, 11) is -0.906. The highest BCUT2D eigenvalue weighted by atomic mass is 79.9. The van der Waals surface area contributed by atoms with Crippen molar-refractivity contribution in [2.24, 2.45) is 5.92 Å². The zero-order valence-electron chi connectivity index (χ0n) is 38.1. The molecule has 2 spiro atoms. The average molecular weight is 969 g/mol. The molecule has 5 aromatic carbocycles. The molecule has 0 aliphatic carbocycles. The van der Waals surface area contributed by atoms with E-state index < -0.39 is 25.3 Å². The van der Waals surface area contributed by atoms with Crippen LogP contribution in [0.15, 0.2) is 126 Å². The highest BCUT2D eigenvalue weighted by Crippen LogP contribution is 2.60. The molecule has 5 aliphatic heterocycles. The number of para-hydroxylation sites is 1. The number of anilines is 3. The van der Waals surface area contributed by atoms with Gasteiger partial charge in [0.2, 0.25) is 5.91 Å². The van der Waals surface area contributed by atoms with E-state index in [0.717, 1.165) is 62.6 Å². The molecule has 66 heavy (non-hydrogen) atoms. The topological polar surface area (TPSA) is 115 Å². The van der Waals surface area contributed by atoms with Crippen LogP contribution in [0.1, 0.15) is 48.4 Å². The number of aliphatic hydroxyl groups is 1. The Morgan fingerprint density at radius 2 is 1.59 bits per heavy atom. The molecule has 0 bridgehead atoms. The fourth-order valence-electron chi connectivity index (χ4n) is 12.1. The van der Waals surface area contributed by atoms with E-state index in [0.29, 0.717) is 32.5 Å². The number of piperidine rings is 1. The summed E-state index contributed by atoms with van der Waals surface area (Å²) in [6, 6.07) is 40.2.